The summed E-state index contributed by atoms with van der Waals surface area (Å²) in [7, 11) is 0. The number of nitrogens with zero attached hydrogens (tertiary/aromatic N) is 1. The van der Waals surface area contributed by atoms with Gasteiger partial charge in [-0.2, -0.15) is 0 Å². The number of allylic oxidation sites excluding steroid dienone is 1. The molecule has 0 bridgehead atoms. The van der Waals surface area contributed by atoms with E-state index in [-0.39, 0.29) is 41.1 Å². The highest BCUT2D eigenvalue weighted by atomic mass is 35.5. The smallest absolute Gasteiger partial charge is 0.322 e. The van der Waals surface area contributed by atoms with Crippen molar-refractivity contribution in [1.82, 2.24) is 5.32 Å². The first-order valence-corrected chi connectivity index (χ1v) is 8.96. The molecular weight excluding hydrogens is 399 g/mol. The minimum Gasteiger partial charge on any atom is -0.492 e. The second kappa shape index (κ2) is 11.4. The number of amides is 1. The maximum atomic E-state index is 11.4. The lowest BCUT2D eigenvalue weighted by Gasteiger charge is -2.10. The Bertz CT molecular complexity index is 736. The number of ether oxygens (including phenoxy) is 1. The molecule has 10 heteroatoms. The van der Waals surface area contributed by atoms with Crippen LogP contribution in [-0.4, -0.2) is 35.1 Å². The van der Waals surface area contributed by atoms with Gasteiger partial charge in [0.05, 0.1) is 16.6 Å². The zero-order chi connectivity index (χ0) is 20.4. The molecule has 0 fully saturated rings. The Morgan fingerprint density at radius 1 is 1.30 bits per heavy atom. The monoisotopic (exact) mass is 418 g/mol. The van der Waals surface area contributed by atoms with E-state index >= 15 is 0 Å². The van der Waals surface area contributed by atoms with Crippen LogP contribution in [0.4, 0.5) is 0 Å². The number of unbranched alkanes of at least 4 members (excludes halogenated alkanes) is 1. The van der Waals surface area contributed by atoms with E-state index in [9.17, 15) is 19.7 Å². The summed E-state index contributed by atoms with van der Waals surface area (Å²) < 4.78 is 5.53. The zero-order valence-electron chi connectivity index (χ0n) is 14.7. The minimum absolute atomic E-state index is 0.0165. The van der Waals surface area contributed by atoms with E-state index in [1.807, 2.05) is 0 Å². The number of hydrogen-bond donors (Lipinski definition) is 2. The number of carboxylic acids is 1. The Balaban J connectivity index is 2.55. The van der Waals surface area contributed by atoms with Crippen molar-refractivity contribution < 1.29 is 24.4 Å². The van der Waals surface area contributed by atoms with Crippen LogP contribution in [-0.2, 0) is 9.59 Å². The van der Waals surface area contributed by atoms with Crippen LogP contribution in [0.1, 0.15) is 38.2 Å². The molecule has 148 valence electrons. The van der Waals surface area contributed by atoms with E-state index in [0.717, 1.165) is 0 Å². The molecule has 0 heterocycles. The summed E-state index contributed by atoms with van der Waals surface area (Å²) in [6, 6.07) is 3.16. The summed E-state index contributed by atoms with van der Waals surface area (Å²) in [5.41, 5.74) is 0.445. The molecule has 0 atom stereocenters. The molecule has 1 aromatic rings. The van der Waals surface area contributed by atoms with Gasteiger partial charge in [-0.1, -0.05) is 30.1 Å². The fourth-order valence-corrected chi connectivity index (χ4v) is 2.50. The summed E-state index contributed by atoms with van der Waals surface area (Å²) in [5.74, 6) is -1.10. The second-order valence-electron chi connectivity index (χ2n) is 5.50. The van der Waals surface area contributed by atoms with E-state index in [1.165, 1.54) is 6.08 Å². The Morgan fingerprint density at radius 3 is 2.59 bits per heavy atom. The quantitative estimate of drug-likeness (QED) is 0.320. The molecule has 0 aromatic heterocycles. The number of benzene rings is 1. The van der Waals surface area contributed by atoms with Crippen molar-refractivity contribution in [2.24, 2.45) is 0 Å². The SMILES string of the molecule is CC/C(=C\c1ccc(OCCCCC(=O)NCC(=O)O)c(Cl)c1Cl)[N+](=O)[O-]. The summed E-state index contributed by atoms with van der Waals surface area (Å²) in [4.78, 5) is 32.1. The predicted molar refractivity (Wildman–Crippen MR) is 102 cm³/mol. The predicted octanol–water partition coefficient (Wildman–Crippen LogP) is 3.77. The van der Waals surface area contributed by atoms with Gasteiger partial charge >= 0.3 is 5.97 Å². The summed E-state index contributed by atoms with van der Waals surface area (Å²) in [5, 5.41) is 22.0. The molecular formula is C17H20Cl2N2O6. The van der Waals surface area contributed by atoms with Crippen molar-refractivity contribution in [3.63, 3.8) is 0 Å². The lowest BCUT2D eigenvalue weighted by atomic mass is 10.1. The van der Waals surface area contributed by atoms with Crippen LogP contribution >= 0.6 is 23.2 Å². The minimum atomic E-state index is -1.10. The van der Waals surface area contributed by atoms with Gasteiger partial charge in [0, 0.05) is 24.5 Å². The molecule has 0 aliphatic rings. The third-order valence-corrected chi connectivity index (χ3v) is 4.37. The molecule has 2 N–H and O–H groups in total. The van der Waals surface area contributed by atoms with Gasteiger partial charge in [0.1, 0.15) is 17.3 Å². The van der Waals surface area contributed by atoms with Gasteiger partial charge in [-0.15, -0.1) is 0 Å². The number of carbonyl (C=O) groups is 2. The Kier molecular flexibility index (Phi) is 9.60. The van der Waals surface area contributed by atoms with Crippen molar-refractivity contribution in [1.29, 1.82) is 0 Å². The van der Waals surface area contributed by atoms with Crippen LogP contribution in [0.15, 0.2) is 17.8 Å². The fourth-order valence-electron chi connectivity index (χ4n) is 2.07. The first-order chi connectivity index (χ1) is 12.8. The number of carboxylic acid groups (broad SMARTS) is 1. The standard InChI is InChI=1S/C17H20Cl2N2O6/c1-2-12(21(25)26)9-11-6-7-13(17(19)16(11)18)27-8-4-3-5-14(22)20-10-15(23)24/h6-7,9H,2-5,8,10H2,1H3,(H,20,22)(H,23,24)/b12-9+. The van der Waals surface area contributed by atoms with E-state index in [4.69, 9.17) is 33.0 Å². The maximum absolute atomic E-state index is 11.4. The Morgan fingerprint density at radius 2 is 2.00 bits per heavy atom. The number of hydrogen-bond acceptors (Lipinski definition) is 5. The molecule has 0 unspecified atom stereocenters. The largest absolute Gasteiger partial charge is 0.492 e. The molecule has 0 saturated carbocycles. The van der Waals surface area contributed by atoms with Crippen molar-refractivity contribution >= 4 is 41.2 Å². The number of carbonyl (C=O) groups excluding carboxylic acids is 1. The fraction of sp³-hybridized carbons (Fsp3) is 0.412. The van der Waals surface area contributed by atoms with Gasteiger partial charge in [0.25, 0.3) is 0 Å². The van der Waals surface area contributed by atoms with Crippen LogP contribution in [0.5, 0.6) is 5.75 Å². The topological polar surface area (TPSA) is 119 Å². The molecule has 27 heavy (non-hydrogen) atoms. The van der Waals surface area contributed by atoms with E-state index in [2.05, 4.69) is 5.32 Å². The van der Waals surface area contributed by atoms with Crippen LogP contribution in [0.25, 0.3) is 6.08 Å². The van der Waals surface area contributed by atoms with E-state index < -0.39 is 17.4 Å². The van der Waals surface area contributed by atoms with Crippen molar-refractivity contribution in [3.05, 3.63) is 43.6 Å². The number of nitro groups is 1. The van der Waals surface area contributed by atoms with Crippen molar-refractivity contribution in [2.45, 2.75) is 32.6 Å². The number of aliphatic carboxylic acids is 1. The molecule has 0 saturated heterocycles. The van der Waals surface area contributed by atoms with E-state index in [0.29, 0.717) is 24.2 Å². The van der Waals surface area contributed by atoms with Gasteiger partial charge in [0.2, 0.25) is 11.6 Å². The third-order valence-electron chi connectivity index (χ3n) is 3.49. The number of nitrogens with one attached hydrogen (secondary N) is 1. The normalized spacial score (nSPS) is 11.1. The lowest BCUT2D eigenvalue weighted by Crippen LogP contribution is -2.28. The lowest BCUT2D eigenvalue weighted by molar-refractivity contribution is -0.425. The Labute approximate surface area is 166 Å². The van der Waals surface area contributed by atoms with Crippen molar-refractivity contribution in [2.75, 3.05) is 13.2 Å². The van der Waals surface area contributed by atoms with Crippen molar-refractivity contribution in [3.8, 4) is 5.75 Å². The van der Waals surface area contributed by atoms with Gasteiger partial charge < -0.3 is 15.2 Å². The molecule has 1 aromatic carbocycles. The first kappa shape index (κ1) is 22.7. The zero-order valence-corrected chi connectivity index (χ0v) is 16.2. The van der Waals surface area contributed by atoms with Gasteiger partial charge in [-0.25, -0.2) is 0 Å². The number of halogens is 2. The van der Waals surface area contributed by atoms with E-state index in [1.54, 1.807) is 19.1 Å². The highest BCUT2D eigenvalue weighted by Crippen LogP contribution is 2.36. The average molecular weight is 419 g/mol. The van der Waals surface area contributed by atoms with Crippen LogP contribution in [0.3, 0.4) is 0 Å². The molecule has 0 aliphatic carbocycles. The molecule has 0 spiro atoms. The van der Waals surface area contributed by atoms with Gasteiger partial charge in [-0.3, -0.25) is 19.7 Å². The highest BCUT2D eigenvalue weighted by Gasteiger charge is 2.14. The molecule has 8 nitrogen and oxygen atoms in total. The molecule has 0 radical (unpaired) electrons. The van der Waals surface area contributed by atoms with Crippen LogP contribution < -0.4 is 10.1 Å². The molecule has 0 aliphatic heterocycles. The molecule has 1 amide bonds. The molecule has 1 rings (SSSR count). The summed E-state index contributed by atoms with van der Waals surface area (Å²) >= 11 is 12.3. The average Bonchev–Trinajstić information content (AvgIpc) is 2.62. The van der Waals surface area contributed by atoms with Gasteiger partial charge in [0.15, 0.2) is 0 Å². The summed E-state index contributed by atoms with van der Waals surface area (Å²) in [6.07, 6.45) is 2.88. The maximum Gasteiger partial charge on any atom is 0.322 e. The number of rotatable bonds is 11. The first-order valence-electron chi connectivity index (χ1n) is 8.20. The highest BCUT2D eigenvalue weighted by molar-refractivity contribution is 6.43. The van der Waals surface area contributed by atoms with Crippen LogP contribution in [0.2, 0.25) is 10.0 Å². The summed E-state index contributed by atoms with van der Waals surface area (Å²) in [6.45, 7) is 1.55. The third kappa shape index (κ3) is 7.84. The Hall–Kier alpha value is -2.32. The van der Waals surface area contributed by atoms with Crippen LogP contribution in [0, 0.1) is 10.1 Å². The van der Waals surface area contributed by atoms with Gasteiger partial charge in [-0.05, 0) is 25.0 Å². The second-order valence-corrected chi connectivity index (χ2v) is 6.26.